The monoisotopic (exact) mass is 278 g/mol. The number of aliphatic hydroxyl groups excluding tert-OH is 1. The maximum atomic E-state index is 11.6. The Labute approximate surface area is 108 Å². The van der Waals surface area contributed by atoms with E-state index < -0.39 is 15.9 Å². The summed E-state index contributed by atoms with van der Waals surface area (Å²) in [6.07, 6.45) is 0.969. The van der Waals surface area contributed by atoms with Gasteiger partial charge in [-0.1, -0.05) is 6.92 Å². The first kappa shape index (κ1) is 15.4. The van der Waals surface area contributed by atoms with Crippen LogP contribution in [0.4, 0.5) is 0 Å². The molecule has 1 saturated heterocycles. The number of rotatable bonds is 6. The second kappa shape index (κ2) is 7.06. The summed E-state index contributed by atoms with van der Waals surface area (Å²) in [4.78, 5) is 11.6. The van der Waals surface area contributed by atoms with Crippen LogP contribution in [0.25, 0.3) is 0 Å². The van der Waals surface area contributed by atoms with Gasteiger partial charge in [-0.2, -0.15) is 0 Å². The molecule has 2 atom stereocenters. The van der Waals surface area contributed by atoms with E-state index in [-0.39, 0.29) is 29.9 Å². The highest BCUT2D eigenvalue weighted by Gasteiger charge is 2.25. The molecule has 18 heavy (non-hydrogen) atoms. The molecule has 0 aromatic rings. The van der Waals surface area contributed by atoms with E-state index in [0.29, 0.717) is 25.9 Å². The third-order valence-electron chi connectivity index (χ3n) is 3.00. The van der Waals surface area contributed by atoms with Crippen molar-refractivity contribution in [3.63, 3.8) is 0 Å². The highest BCUT2D eigenvalue weighted by atomic mass is 32.2. The molecular weight excluding hydrogens is 256 g/mol. The summed E-state index contributed by atoms with van der Waals surface area (Å²) in [5, 5.41) is 15.0. The van der Waals surface area contributed by atoms with Crippen LogP contribution < -0.4 is 10.6 Å². The Balaban J connectivity index is 2.24. The van der Waals surface area contributed by atoms with Crippen LogP contribution in [-0.2, 0) is 14.6 Å². The van der Waals surface area contributed by atoms with E-state index in [1.54, 1.807) is 0 Å². The Morgan fingerprint density at radius 2 is 2.28 bits per heavy atom. The molecule has 3 N–H and O–H groups in total. The van der Waals surface area contributed by atoms with Crippen LogP contribution in [0.2, 0.25) is 0 Å². The zero-order valence-electron chi connectivity index (χ0n) is 10.7. The summed E-state index contributed by atoms with van der Waals surface area (Å²) in [5.74, 6) is -0.000801. The van der Waals surface area contributed by atoms with Crippen molar-refractivity contribution >= 4 is 15.7 Å². The molecule has 2 unspecified atom stereocenters. The Kier molecular flexibility index (Phi) is 6.04. The highest BCUT2D eigenvalue weighted by molar-refractivity contribution is 7.91. The van der Waals surface area contributed by atoms with Gasteiger partial charge in [-0.05, 0) is 12.8 Å². The minimum absolute atomic E-state index is 0.0258. The molecule has 0 radical (unpaired) electrons. The van der Waals surface area contributed by atoms with Gasteiger partial charge < -0.3 is 15.7 Å². The first-order valence-corrected chi connectivity index (χ1v) is 8.13. The van der Waals surface area contributed by atoms with Gasteiger partial charge in [0.05, 0.1) is 17.6 Å². The number of hydrogen-bond acceptors (Lipinski definition) is 5. The highest BCUT2D eigenvalue weighted by Crippen LogP contribution is 2.05. The van der Waals surface area contributed by atoms with Gasteiger partial charge in [-0.25, -0.2) is 8.42 Å². The molecule has 0 spiro atoms. The van der Waals surface area contributed by atoms with Crippen molar-refractivity contribution in [3.05, 3.63) is 0 Å². The van der Waals surface area contributed by atoms with E-state index in [4.69, 9.17) is 0 Å². The smallest absolute Gasteiger partial charge is 0.221 e. The first-order chi connectivity index (χ1) is 8.43. The predicted molar refractivity (Wildman–Crippen MR) is 69.0 cm³/mol. The lowest BCUT2D eigenvalue weighted by atomic mass is 10.2. The van der Waals surface area contributed by atoms with Crippen LogP contribution in [0.5, 0.6) is 0 Å². The van der Waals surface area contributed by atoms with Crippen molar-refractivity contribution in [1.82, 2.24) is 10.6 Å². The first-order valence-electron chi connectivity index (χ1n) is 6.31. The second-order valence-electron chi connectivity index (χ2n) is 4.67. The van der Waals surface area contributed by atoms with Crippen LogP contribution in [0.15, 0.2) is 0 Å². The summed E-state index contributed by atoms with van der Waals surface area (Å²) in [7, 11) is -3.00. The summed E-state index contributed by atoms with van der Waals surface area (Å²) in [6.45, 7) is 2.71. The second-order valence-corrected chi connectivity index (χ2v) is 6.90. The number of amides is 1. The molecule has 1 fully saturated rings. The van der Waals surface area contributed by atoms with Gasteiger partial charge in [0.2, 0.25) is 5.91 Å². The molecule has 1 aliphatic heterocycles. The number of hydrogen-bond donors (Lipinski definition) is 3. The SMILES string of the molecule is CCC(O)CCNC(=O)CC1CS(=O)(=O)CCN1. The van der Waals surface area contributed by atoms with E-state index >= 15 is 0 Å². The zero-order valence-corrected chi connectivity index (χ0v) is 11.5. The van der Waals surface area contributed by atoms with Crippen molar-refractivity contribution in [2.75, 3.05) is 24.6 Å². The molecule has 6 nitrogen and oxygen atoms in total. The fourth-order valence-corrected chi connectivity index (χ4v) is 3.32. The lowest BCUT2D eigenvalue weighted by molar-refractivity contribution is -0.121. The van der Waals surface area contributed by atoms with Gasteiger partial charge in [0.25, 0.3) is 0 Å². The van der Waals surface area contributed by atoms with Gasteiger partial charge in [0.15, 0.2) is 9.84 Å². The molecule has 1 amide bonds. The molecule has 0 bridgehead atoms. The number of nitrogens with one attached hydrogen (secondary N) is 2. The minimum atomic E-state index is -3.00. The fourth-order valence-electron chi connectivity index (χ4n) is 1.88. The van der Waals surface area contributed by atoms with Crippen LogP contribution in [0, 0.1) is 0 Å². The average Bonchev–Trinajstić information content (AvgIpc) is 2.27. The van der Waals surface area contributed by atoms with Gasteiger partial charge in [0, 0.05) is 25.6 Å². The van der Waals surface area contributed by atoms with Crippen molar-refractivity contribution in [1.29, 1.82) is 0 Å². The lowest BCUT2D eigenvalue weighted by Crippen LogP contribution is -2.47. The lowest BCUT2D eigenvalue weighted by Gasteiger charge is -2.23. The standard InChI is InChI=1S/C11H22N2O4S/c1-2-10(14)3-4-13-11(15)7-9-8-18(16,17)6-5-12-9/h9-10,12,14H,2-8H2,1H3,(H,13,15). The Morgan fingerprint density at radius 1 is 1.56 bits per heavy atom. The van der Waals surface area contributed by atoms with Gasteiger partial charge in [-0.15, -0.1) is 0 Å². The predicted octanol–water partition coefficient (Wildman–Crippen LogP) is -0.960. The Morgan fingerprint density at radius 3 is 2.89 bits per heavy atom. The third-order valence-corrected chi connectivity index (χ3v) is 4.74. The topological polar surface area (TPSA) is 95.5 Å². The molecule has 1 aliphatic rings. The van der Waals surface area contributed by atoms with Crippen molar-refractivity contribution in [2.45, 2.75) is 38.3 Å². The van der Waals surface area contributed by atoms with E-state index in [2.05, 4.69) is 10.6 Å². The van der Waals surface area contributed by atoms with Crippen LogP contribution in [-0.4, -0.2) is 56.2 Å². The molecule has 0 aromatic heterocycles. The normalized spacial score (nSPS) is 24.4. The Bertz CT molecular complexity index is 369. The maximum absolute atomic E-state index is 11.6. The molecule has 0 saturated carbocycles. The number of sulfone groups is 1. The van der Waals surface area contributed by atoms with Crippen molar-refractivity contribution in [2.24, 2.45) is 0 Å². The van der Waals surface area contributed by atoms with Crippen LogP contribution in [0.3, 0.4) is 0 Å². The van der Waals surface area contributed by atoms with Crippen molar-refractivity contribution in [3.8, 4) is 0 Å². The van der Waals surface area contributed by atoms with E-state index in [0.717, 1.165) is 0 Å². The van der Waals surface area contributed by atoms with E-state index in [1.807, 2.05) is 6.92 Å². The van der Waals surface area contributed by atoms with Crippen molar-refractivity contribution < 1.29 is 18.3 Å². The third kappa shape index (κ3) is 5.79. The quantitative estimate of drug-likeness (QED) is 0.581. The number of carbonyl (C=O) groups is 1. The number of carbonyl (C=O) groups excluding carboxylic acids is 1. The molecule has 1 heterocycles. The van der Waals surface area contributed by atoms with E-state index in [1.165, 1.54) is 0 Å². The molecular formula is C11H22N2O4S. The summed E-state index contributed by atoms with van der Waals surface area (Å²) >= 11 is 0. The fraction of sp³-hybridized carbons (Fsp3) is 0.909. The Hall–Kier alpha value is -0.660. The van der Waals surface area contributed by atoms with Crippen LogP contribution >= 0.6 is 0 Å². The summed E-state index contributed by atoms with van der Waals surface area (Å²) < 4.78 is 22.8. The number of aliphatic hydroxyl groups is 1. The molecule has 106 valence electrons. The van der Waals surface area contributed by atoms with Gasteiger partial charge in [0.1, 0.15) is 0 Å². The summed E-state index contributed by atoms with van der Waals surface area (Å²) in [6, 6.07) is -0.292. The van der Waals surface area contributed by atoms with Crippen LogP contribution in [0.1, 0.15) is 26.2 Å². The van der Waals surface area contributed by atoms with Gasteiger partial charge in [-0.3, -0.25) is 4.79 Å². The molecule has 1 rings (SSSR count). The molecule has 0 aliphatic carbocycles. The van der Waals surface area contributed by atoms with E-state index in [9.17, 15) is 18.3 Å². The largest absolute Gasteiger partial charge is 0.393 e. The van der Waals surface area contributed by atoms with Gasteiger partial charge >= 0.3 is 0 Å². The molecule has 0 aromatic carbocycles. The average molecular weight is 278 g/mol. The summed E-state index contributed by atoms with van der Waals surface area (Å²) in [5.41, 5.74) is 0. The minimum Gasteiger partial charge on any atom is -0.393 e. The zero-order chi connectivity index (χ0) is 13.6. The maximum Gasteiger partial charge on any atom is 0.221 e. The molecule has 7 heteroatoms.